The summed E-state index contributed by atoms with van der Waals surface area (Å²) in [6, 6.07) is -0.987. The van der Waals surface area contributed by atoms with E-state index in [0.717, 1.165) is 38.5 Å². The van der Waals surface area contributed by atoms with Crippen LogP contribution >= 0.6 is 0 Å². The van der Waals surface area contributed by atoms with Gasteiger partial charge in [0.2, 0.25) is 5.91 Å². The van der Waals surface area contributed by atoms with Crippen LogP contribution in [0.2, 0.25) is 0 Å². The van der Waals surface area contributed by atoms with Gasteiger partial charge >= 0.3 is 0 Å². The minimum absolute atomic E-state index is 0.239. The molecule has 3 heterocycles. The van der Waals surface area contributed by atoms with Crippen LogP contribution in [-0.4, -0.2) is 193 Å². The number of ether oxygens (including phenoxy) is 6. The second kappa shape index (κ2) is 55.8. The van der Waals surface area contributed by atoms with Gasteiger partial charge < -0.3 is 89.9 Å². The van der Waals surface area contributed by atoms with Crippen molar-refractivity contribution in [1.82, 2.24) is 5.32 Å². The quantitative estimate of drug-likeness (QED) is 0.0199. The first-order chi connectivity index (χ1) is 45.3. The van der Waals surface area contributed by atoms with Crippen molar-refractivity contribution in [1.29, 1.82) is 0 Å². The van der Waals surface area contributed by atoms with E-state index >= 15 is 0 Å². The van der Waals surface area contributed by atoms with Crippen LogP contribution in [0, 0.1) is 0 Å². The molecule has 3 aliphatic heterocycles. The molecule has 0 spiro atoms. The lowest BCUT2D eigenvalue weighted by atomic mass is 9.96. The van der Waals surface area contributed by atoms with E-state index < -0.39 is 124 Å². The van der Waals surface area contributed by atoms with E-state index in [2.05, 4.69) is 43.5 Å². The zero-order valence-corrected chi connectivity index (χ0v) is 58.0. The zero-order chi connectivity index (χ0) is 67.5. The van der Waals surface area contributed by atoms with Gasteiger partial charge in [-0.3, -0.25) is 4.79 Å². The van der Waals surface area contributed by atoms with Crippen molar-refractivity contribution >= 4 is 5.91 Å². The summed E-state index contributed by atoms with van der Waals surface area (Å²) in [5, 5.41) is 120. The third kappa shape index (κ3) is 37.1. The highest BCUT2D eigenvalue weighted by molar-refractivity contribution is 5.76. The number of unbranched alkanes of at least 4 members (excludes halogenated alkanes) is 39. The summed E-state index contributed by atoms with van der Waals surface area (Å²) in [5.41, 5.74) is 0. The van der Waals surface area contributed by atoms with Crippen LogP contribution in [0.1, 0.15) is 296 Å². The number of rotatable bonds is 59. The molecule has 17 atom stereocenters. The molecule has 19 nitrogen and oxygen atoms in total. The van der Waals surface area contributed by atoms with Crippen LogP contribution in [0.25, 0.3) is 0 Å². The Morgan fingerprint density at radius 1 is 0.376 bits per heavy atom. The van der Waals surface area contributed by atoms with E-state index in [0.29, 0.717) is 12.8 Å². The Kier molecular flexibility index (Phi) is 51.2. The Balaban J connectivity index is 1.32. The molecule has 17 unspecified atom stereocenters. The average molecular weight is 1330 g/mol. The number of hydrogen-bond donors (Lipinski definition) is 12. The summed E-state index contributed by atoms with van der Waals surface area (Å²) in [6.07, 6.45) is 40.2. The Bertz CT molecular complexity index is 1830. The topological polar surface area (TPSA) is 307 Å². The lowest BCUT2D eigenvalue weighted by Gasteiger charge is -2.48. The second-order valence-corrected chi connectivity index (χ2v) is 27.1. The van der Waals surface area contributed by atoms with Gasteiger partial charge in [0, 0.05) is 6.42 Å². The molecule has 3 saturated heterocycles. The summed E-state index contributed by atoms with van der Waals surface area (Å²) in [6.45, 7) is 1.72. The highest BCUT2D eigenvalue weighted by Crippen LogP contribution is 2.33. The molecule has 93 heavy (non-hydrogen) atoms. The molecule has 0 aliphatic carbocycles. The number of carbonyl (C=O) groups is 1. The van der Waals surface area contributed by atoms with Crippen molar-refractivity contribution in [2.24, 2.45) is 0 Å². The van der Waals surface area contributed by atoms with Crippen molar-refractivity contribution in [3.8, 4) is 0 Å². The van der Waals surface area contributed by atoms with Crippen molar-refractivity contribution in [3.63, 3.8) is 0 Å². The molecule has 3 fully saturated rings. The summed E-state index contributed by atoms with van der Waals surface area (Å²) in [7, 11) is 0. The van der Waals surface area contributed by atoms with Gasteiger partial charge in [-0.05, 0) is 57.8 Å². The maximum Gasteiger partial charge on any atom is 0.220 e. The number of allylic oxidation sites excluding steroid dienone is 5. The molecule has 0 aromatic heterocycles. The van der Waals surface area contributed by atoms with Gasteiger partial charge in [0.05, 0.1) is 38.6 Å². The molecule has 0 saturated carbocycles. The fourth-order valence-electron chi connectivity index (χ4n) is 12.8. The SMILES string of the molecule is CCCCCCCCC/C=C/CC/C=C/C(O)C(COC1OC(CO)C(OC2OC(CO)C(OC3OC(CO)C(O)C(O)C3O)C(O)C2O)C(O)C1O)NC(=O)CCCCCCCCCCCCCCCCCCCCCCCCC/C=C\CCCCCCCCCC. The number of aliphatic hydroxyl groups excluding tert-OH is 11. The van der Waals surface area contributed by atoms with E-state index in [1.54, 1.807) is 6.08 Å². The van der Waals surface area contributed by atoms with E-state index in [-0.39, 0.29) is 18.9 Å². The van der Waals surface area contributed by atoms with Gasteiger partial charge in [-0.1, -0.05) is 269 Å². The molecule has 0 radical (unpaired) electrons. The largest absolute Gasteiger partial charge is 0.394 e. The fourth-order valence-corrected chi connectivity index (χ4v) is 12.8. The number of carbonyl (C=O) groups excluding carboxylic acids is 1. The minimum Gasteiger partial charge on any atom is -0.394 e. The van der Waals surface area contributed by atoms with Crippen molar-refractivity contribution in [2.45, 2.75) is 401 Å². The predicted molar refractivity (Wildman–Crippen MR) is 365 cm³/mol. The summed E-state index contributed by atoms with van der Waals surface area (Å²) < 4.78 is 34.3. The van der Waals surface area contributed by atoms with Gasteiger partial charge in [-0.15, -0.1) is 0 Å². The van der Waals surface area contributed by atoms with Crippen molar-refractivity contribution in [3.05, 3.63) is 36.5 Å². The molecule has 0 bridgehead atoms. The molecule has 1 amide bonds. The highest BCUT2D eigenvalue weighted by atomic mass is 16.8. The van der Waals surface area contributed by atoms with E-state index in [4.69, 9.17) is 28.4 Å². The molecular weight excluding hydrogens is 1190 g/mol. The van der Waals surface area contributed by atoms with Crippen molar-refractivity contribution < 1.29 is 89.4 Å². The van der Waals surface area contributed by atoms with Gasteiger partial charge in [-0.25, -0.2) is 0 Å². The van der Waals surface area contributed by atoms with Crippen LogP contribution in [0.15, 0.2) is 36.5 Å². The zero-order valence-electron chi connectivity index (χ0n) is 58.0. The standard InChI is InChI=1S/C74H137NO18/c1-3-5-7-9-11-13-15-17-18-19-20-21-22-23-24-25-26-27-28-29-30-31-32-33-34-35-36-37-38-40-42-44-46-48-50-52-62(80)75-57(58(79)51-49-47-45-43-41-39-16-14-12-10-8-6-4-2)56-88-72-68(86)65(83)70(60(54-77)90-72)93-74-69(87)66(84)71(61(55-78)91-74)92-73-67(85)64(82)63(81)59(53-76)89-73/h19-20,41,43,49,51,57-61,63-74,76-79,81-87H,3-18,21-40,42,44-48,50,52-56H2,1-2H3,(H,75,80)/b20-19-,43-41+,51-49+. The first-order valence-electron chi connectivity index (χ1n) is 37.7. The highest BCUT2D eigenvalue weighted by Gasteiger charge is 2.53. The first-order valence-corrected chi connectivity index (χ1v) is 37.7. The summed E-state index contributed by atoms with van der Waals surface area (Å²) in [4.78, 5) is 13.4. The fraction of sp³-hybridized carbons (Fsp3) is 0.905. The first kappa shape index (κ1) is 85.2. The van der Waals surface area contributed by atoms with Crippen LogP contribution in [0.5, 0.6) is 0 Å². The number of amides is 1. The third-order valence-electron chi connectivity index (χ3n) is 18.9. The smallest absolute Gasteiger partial charge is 0.220 e. The van der Waals surface area contributed by atoms with Crippen LogP contribution in [0.4, 0.5) is 0 Å². The molecule has 12 N–H and O–H groups in total. The van der Waals surface area contributed by atoms with Crippen LogP contribution in [-0.2, 0) is 33.2 Å². The molecule has 19 heteroatoms. The molecule has 0 aromatic rings. The van der Waals surface area contributed by atoms with Crippen LogP contribution < -0.4 is 5.32 Å². The summed E-state index contributed by atoms with van der Waals surface area (Å²) in [5.74, 6) is -0.281. The number of aliphatic hydroxyl groups is 11. The maximum absolute atomic E-state index is 13.4. The Morgan fingerprint density at radius 2 is 0.688 bits per heavy atom. The summed E-state index contributed by atoms with van der Waals surface area (Å²) >= 11 is 0. The average Bonchev–Trinajstić information content (AvgIpc) is 1.62. The number of hydrogen-bond acceptors (Lipinski definition) is 18. The van der Waals surface area contributed by atoms with E-state index in [9.17, 15) is 61.0 Å². The molecule has 0 aromatic carbocycles. The predicted octanol–water partition coefficient (Wildman–Crippen LogP) is 11.2. The molecular formula is C74H137NO18. The molecule has 3 rings (SSSR count). The lowest BCUT2D eigenvalue weighted by Crippen LogP contribution is -2.66. The Hall–Kier alpha value is -1.99. The van der Waals surface area contributed by atoms with E-state index in [1.807, 2.05) is 6.08 Å². The van der Waals surface area contributed by atoms with Gasteiger partial charge in [0.1, 0.15) is 73.2 Å². The Labute approximate surface area is 561 Å². The van der Waals surface area contributed by atoms with Crippen LogP contribution in [0.3, 0.4) is 0 Å². The minimum atomic E-state index is -1.98. The maximum atomic E-state index is 13.4. The Morgan fingerprint density at radius 3 is 1.08 bits per heavy atom. The third-order valence-corrected chi connectivity index (χ3v) is 18.9. The van der Waals surface area contributed by atoms with Gasteiger partial charge in [-0.2, -0.15) is 0 Å². The molecule has 3 aliphatic rings. The van der Waals surface area contributed by atoms with Gasteiger partial charge in [0.15, 0.2) is 18.9 Å². The number of nitrogens with one attached hydrogen (secondary N) is 1. The van der Waals surface area contributed by atoms with Crippen molar-refractivity contribution in [2.75, 3.05) is 26.4 Å². The van der Waals surface area contributed by atoms with Gasteiger partial charge in [0.25, 0.3) is 0 Å². The monoisotopic (exact) mass is 1330 g/mol. The lowest BCUT2D eigenvalue weighted by molar-refractivity contribution is -0.379. The second-order valence-electron chi connectivity index (χ2n) is 27.1. The normalized spacial score (nSPS) is 27.7. The molecule has 546 valence electrons. The van der Waals surface area contributed by atoms with E-state index in [1.165, 1.54) is 225 Å².